The Morgan fingerprint density at radius 3 is 3.00 bits per heavy atom. The maximum Gasteiger partial charge on any atom is 0.155 e. The Labute approximate surface area is 102 Å². The minimum absolute atomic E-state index is 0.352. The Morgan fingerprint density at radius 1 is 1.56 bits per heavy atom. The van der Waals surface area contributed by atoms with Gasteiger partial charge in [0.05, 0.1) is 18.1 Å². The number of anilines is 1. The molecule has 2 rings (SSSR count). The number of ether oxygens (including phenoxy) is 1. The van der Waals surface area contributed by atoms with E-state index in [2.05, 4.69) is 14.7 Å². The zero-order valence-electron chi connectivity index (χ0n) is 8.68. The average Bonchev–Trinajstić information content (AvgIpc) is 2.68. The van der Waals surface area contributed by atoms with Gasteiger partial charge in [0, 0.05) is 18.8 Å². The van der Waals surface area contributed by atoms with E-state index in [1.807, 2.05) is 0 Å². The van der Waals surface area contributed by atoms with Crippen molar-refractivity contribution in [2.75, 3.05) is 32.0 Å². The van der Waals surface area contributed by atoms with Gasteiger partial charge in [0.15, 0.2) is 5.82 Å². The molecule has 1 saturated heterocycles. The van der Waals surface area contributed by atoms with Gasteiger partial charge in [0.2, 0.25) is 0 Å². The van der Waals surface area contributed by atoms with Crippen LogP contribution in [0.25, 0.3) is 0 Å². The van der Waals surface area contributed by atoms with Crippen LogP contribution in [0, 0.1) is 11.3 Å². The first kappa shape index (κ1) is 11.7. The molecule has 7 heteroatoms. The van der Waals surface area contributed by atoms with E-state index in [0.717, 1.165) is 36.9 Å². The molecule has 86 valence electrons. The molecule has 0 aromatic carbocycles. The van der Waals surface area contributed by atoms with Crippen molar-refractivity contribution in [2.24, 2.45) is 0 Å². The Morgan fingerprint density at radius 2 is 2.31 bits per heavy atom. The van der Waals surface area contributed by atoms with Gasteiger partial charge in [-0.25, -0.2) is 4.31 Å². The lowest BCUT2D eigenvalue weighted by atomic mass is 10.3. The van der Waals surface area contributed by atoms with Crippen LogP contribution in [0.3, 0.4) is 0 Å². The third kappa shape index (κ3) is 2.65. The molecular weight excluding hydrogens is 244 g/mol. The van der Waals surface area contributed by atoms with Crippen molar-refractivity contribution in [3.63, 3.8) is 0 Å². The molecular formula is C9H12N4OS2. The van der Waals surface area contributed by atoms with Gasteiger partial charge < -0.3 is 10.5 Å². The van der Waals surface area contributed by atoms with Crippen LogP contribution in [0.15, 0.2) is 0 Å². The van der Waals surface area contributed by atoms with Crippen LogP contribution < -0.4 is 5.73 Å². The third-order valence-corrected chi connectivity index (χ3v) is 4.44. The molecule has 2 heterocycles. The third-order valence-electron chi connectivity index (χ3n) is 2.25. The summed E-state index contributed by atoms with van der Waals surface area (Å²) < 4.78 is 11.5. The Kier molecular flexibility index (Phi) is 4.01. The lowest BCUT2D eigenvalue weighted by molar-refractivity contribution is 0.0773. The number of hydrogen-bond donors (Lipinski definition) is 1. The summed E-state index contributed by atoms with van der Waals surface area (Å²) in [6.45, 7) is 3.42. The molecule has 16 heavy (non-hydrogen) atoms. The molecule has 1 aromatic heterocycles. The normalized spacial score (nSPS) is 17.2. The Hall–Kier alpha value is -0.810. The average molecular weight is 256 g/mol. The number of aromatic nitrogens is 1. The van der Waals surface area contributed by atoms with Gasteiger partial charge in [0.1, 0.15) is 11.6 Å². The smallest absolute Gasteiger partial charge is 0.155 e. The van der Waals surface area contributed by atoms with Gasteiger partial charge in [-0.2, -0.15) is 9.64 Å². The van der Waals surface area contributed by atoms with Crippen LogP contribution in [0.2, 0.25) is 0 Å². The molecule has 5 nitrogen and oxygen atoms in total. The van der Waals surface area contributed by atoms with E-state index in [9.17, 15) is 0 Å². The Balaban J connectivity index is 1.91. The summed E-state index contributed by atoms with van der Waals surface area (Å²) in [5.74, 6) is 1.11. The predicted molar refractivity (Wildman–Crippen MR) is 64.9 cm³/mol. The van der Waals surface area contributed by atoms with Crippen LogP contribution in [0.4, 0.5) is 5.82 Å². The summed E-state index contributed by atoms with van der Waals surface area (Å²) in [4.78, 5) is 0.955. The first-order chi connectivity index (χ1) is 7.81. The predicted octanol–water partition coefficient (Wildman–Crippen LogP) is 1.08. The van der Waals surface area contributed by atoms with E-state index in [-0.39, 0.29) is 0 Å². The second-order valence-electron chi connectivity index (χ2n) is 3.29. The molecule has 0 spiro atoms. The van der Waals surface area contributed by atoms with E-state index in [1.165, 1.54) is 11.5 Å². The molecule has 0 saturated carbocycles. The van der Waals surface area contributed by atoms with E-state index in [1.54, 1.807) is 11.9 Å². The molecule has 1 aliphatic rings. The van der Waals surface area contributed by atoms with Crippen LogP contribution in [0.5, 0.6) is 0 Å². The van der Waals surface area contributed by atoms with Crippen molar-refractivity contribution in [1.82, 2.24) is 8.68 Å². The molecule has 0 aliphatic carbocycles. The van der Waals surface area contributed by atoms with Crippen molar-refractivity contribution in [3.05, 3.63) is 10.4 Å². The van der Waals surface area contributed by atoms with Crippen LogP contribution >= 0.6 is 23.5 Å². The second kappa shape index (κ2) is 5.50. The fraction of sp³-hybridized carbons (Fsp3) is 0.556. The highest BCUT2D eigenvalue weighted by molar-refractivity contribution is 7.96. The van der Waals surface area contributed by atoms with Gasteiger partial charge in [-0.3, -0.25) is 0 Å². The Bertz CT molecular complexity index is 395. The van der Waals surface area contributed by atoms with Gasteiger partial charge in [-0.15, -0.1) is 0 Å². The standard InChI is InChI=1S/C9H12N4OS2/c10-5-7-8(16-12-9(7)11)6-15-13-1-3-14-4-2-13/h1-4,6H2,(H2,11,12). The first-order valence-electron chi connectivity index (χ1n) is 4.91. The number of rotatable bonds is 3. The zero-order chi connectivity index (χ0) is 11.4. The minimum Gasteiger partial charge on any atom is -0.382 e. The van der Waals surface area contributed by atoms with E-state index in [4.69, 9.17) is 15.7 Å². The van der Waals surface area contributed by atoms with Crippen LogP contribution in [0.1, 0.15) is 10.4 Å². The monoisotopic (exact) mass is 256 g/mol. The molecule has 0 radical (unpaired) electrons. The maximum absolute atomic E-state index is 8.92. The number of morpholine rings is 1. The summed E-state index contributed by atoms with van der Waals surface area (Å²) in [5, 5.41) is 8.92. The number of nitrogens with two attached hydrogens (primary N) is 1. The largest absolute Gasteiger partial charge is 0.382 e. The van der Waals surface area contributed by atoms with Crippen molar-refractivity contribution in [2.45, 2.75) is 5.75 Å². The van der Waals surface area contributed by atoms with Crippen LogP contribution in [-0.2, 0) is 10.5 Å². The summed E-state index contributed by atoms with van der Waals surface area (Å²) in [5.41, 5.74) is 6.13. The number of hydrogen-bond acceptors (Lipinski definition) is 7. The topological polar surface area (TPSA) is 75.2 Å². The van der Waals surface area contributed by atoms with Crippen LogP contribution in [-0.4, -0.2) is 35.0 Å². The minimum atomic E-state index is 0.352. The lowest BCUT2D eigenvalue weighted by Crippen LogP contribution is -2.31. The summed E-state index contributed by atoms with van der Waals surface area (Å²) in [6.07, 6.45) is 0. The highest BCUT2D eigenvalue weighted by Gasteiger charge is 2.15. The molecule has 1 aromatic rings. The molecule has 2 N–H and O–H groups in total. The molecule has 1 fully saturated rings. The molecule has 1 aliphatic heterocycles. The fourth-order valence-electron chi connectivity index (χ4n) is 1.38. The SMILES string of the molecule is N#Cc1c(N)nsc1CSN1CCOCC1. The fourth-order valence-corrected chi connectivity index (χ4v) is 3.14. The summed E-state index contributed by atoms with van der Waals surface area (Å²) in [6, 6.07) is 2.10. The van der Waals surface area contributed by atoms with E-state index < -0.39 is 0 Å². The number of nitriles is 1. The maximum atomic E-state index is 8.92. The highest BCUT2D eigenvalue weighted by atomic mass is 32.2. The van der Waals surface area contributed by atoms with E-state index >= 15 is 0 Å². The quantitative estimate of drug-likeness (QED) is 0.816. The van der Waals surface area contributed by atoms with E-state index in [0.29, 0.717) is 11.4 Å². The number of nitrogens with zero attached hydrogens (tertiary/aromatic N) is 3. The molecule has 0 bridgehead atoms. The van der Waals surface area contributed by atoms with Gasteiger partial charge in [-0.05, 0) is 11.5 Å². The molecule has 0 amide bonds. The van der Waals surface area contributed by atoms with Gasteiger partial charge >= 0.3 is 0 Å². The molecule has 0 atom stereocenters. The zero-order valence-corrected chi connectivity index (χ0v) is 10.3. The highest BCUT2D eigenvalue weighted by Crippen LogP contribution is 2.26. The lowest BCUT2D eigenvalue weighted by Gasteiger charge is -2.24. The summed E-state index contributed by atoms with van der Waals surface area (Å²) in [7, 11) is 0. The van der Waals surface area contributed by atoms with Gasteiger partial charge in [0.25, 0.3) is 0 Å². The van der Waals surface area contributed by atoms with Crippen molar-refractivity contribution in [3.8, 4) is 6.07 Å². The summed E-state index contributed by atoms with van der Waals surface area (Å²) >= 11 is 3.02. The second-order valence-corrected chi connectivity index (χ2v) is 5.21. The van der Waals surface area contributed by atoms with Gasteiger partial charge in [-0.1, -0.05) is 11.9 Å². The van der Waals surface area contributed by atoms with Crippen molar-refractivity contribution < 1.29 is 4.74 Å². The molecule has 0 unspecified atom stereocenters. The van der Waals surface area contributed by atoms with Crippen molar-refractivity contribution >= 4 is 29.3 Å². The number of nitrogen functional groups attached to an aromatic ring is 1. The first-order valence-corrected chi connectivity index (χ1v) is 6.62. The van der Waals surface area contributed by atoms with Crippen molar-refractivity contribution in [1.29, 1.82) is 5.26 Å².